The molecule has 1 heterocycles. The van der Waals surface area contributed by atoms with Gasteiger partial charge < -0.3 is 9.64 Å². The Hall–Kier alpha value is -0.640. The summed E-state index contributed by atoms with van der Waals surface area (Å²) in [5.41, 5.74) is 0. The number of carbonyl (C=O) groups is 1. The maximum atomic E-state index is 13.2. The summed E-state index contributed by atoms with van der Waals surface area (Å²) in [5.74, 6) is -0.443. The molecular formula is C10H18FNO2. The van der Waals surface area contributed by atoms with Gasteiger partial charge in [0, 0.05) is 6.54 Å². The summed E-state index contributed by atoms with van der Waals surface area (Å²) in [6.07, 6.45) is 0.963. The zero-order valence-electron chi connectivity index (χ0n) is 8.83. The second-order valence-electron chi connectivity index (χ2n) is 4.00. The number of methoxy groups -OCH3 is 1. The largest absolute Gasteiger partial charge is 0.467 e. The first-order valence-corrected chi connectivity index (χ1v) is 5.04. The molecule has 2 atom stereocenters. The standard InChI is InChI=1S/C10H18FNO2/c1-12-5-3-4-8(7-12)6-9(11)10(13)14-2/h8-9H,3-7H2,1-2H3. The number of likely N-dealkylation sites (tertiary alicyclic amines) is 1. The number of nitrogens with zero attached hydrogens (tertiary/aromatic N) is 1. The number of esters is 1. The highest BCUT2D eigenvalue weighted by molar-refractivity contribution is 5.74. The van der Waals surface area contributed by atoms with Gasteiger partial charge in [-0.3, -0.25) is 0 Å². The number of halogens is 1. The van der Waals surface area contributed by atoms with Crippen LogP contribution in [0.1, 0.15) is 19.3 Å². The topological polar surface area (TPSA) is 29.5 Å². The van der Waals surface area contributed by atoms with Crippen LogP contribution in [0.5, 0.6) is 0 Å². The molecule has 0 aromatic carbocycles. The van der Waals surface area contributed by atoms with Crippen LogP contribution >= 0.6 is 0 Å². The van der Waals surface area contributed by atoms with Crippen molar-refractivity contribution in [1.82, 2.24) is 4.90 Å². The third-order valence-electron chi connectivity index (χ3n) is 2.72. The highest BCUT2D eigenvalue weighted by Crippen LogP contribution is 2.21. The quantitative estimate of drug-likeness (QED) is 0.646. The number of carbonyl (C=O) groups excluding carboxylic acids is 1. The Bertz CT molecular complexity index is 199. The molecule has 1 rings (SSSR count). The van der Waals surface area contributed by atoms with E-state index in [1.807, 2.05) is 7.05 Å². The fraction of sp³-hybridized carbons (Fsp3) is 0.900. The van der Waals surface area contributed by atoms with E-state index in [-0.39, 0.29) is 0 Å². The van der Waals surface area contributed by atoms with E-state index in [2.05, 4.69) is 9.64 Å². The van der Waals surface area contributed by atoms with E-state index in [9.17, 15) is 9.18 Å². The van der Waals surface area contributed by atoms with Crippen LogP contribution in [0.3, 0.4) is 0 Å². The van der Waals surface area contributed by atoms with Gasteiger partial charge in [-0.1, -0.05) is 0 Å². The Labute approximate surface area is 84.2 Å². The average molecular weight is 203 g/mol. The second kappa shape index (κ2) is 5.29. The molecule has 2 unspecified atom stereocenters. The number of ether oxygens (including phenoxy) is 1. The average Bonchev–Trinajstić information content (AvgIpc) is 2.16. The van der Waals surface area contributed by atoms with Crippen molar-refractivity contribution in [1.29, 1.82) is 0 Å². The fourth-order valence-corrected chi connectivity index (χ4v) is 1.98. The minimum Gasteiger partial charge on any atom is -0.467 e. The van der Waals surface area contributed by atoms with Crippen molar-refractivity contribution in [3.63, 3.8) is 0 Å². The lowest BCUT2D eigenvalue weighted by Crippen LogP contribution is -2.34. The molecule has 82 valence electrons. The van der Waals surface area contributed by atoms with Gasteiger partial charge in [-0.25, -0.2) is 9.18 Å². The number of rotatable bonds is 3. The molecule has 4 heteroatoms. The summed E-state index contributed by atoms with van der Waals surface area (Å²) < 4.78 is 17.6. The highest BCUT2D eigenvalue weighted by Gasteiger charge is 2.25. The molecule has 1 aliphatic heterocycles. The first-order chi connectivity index (χ1) is 6.63. The van der Waals surface area contributed by atoms with Gasteiger partial charge in [0.2, 0.25) is 0 Å². The van der Waals surface area contributed by atoms with Crippen LogP contribution in [0.2, 0.25) is 0 Å². The van der Waals surface area contributed by atoms with Crippen LogP contribution in [0, 0.1) is 5.92 Å². The molecule has 0 bridgehead atoms. The van der Waals surface area contributed by atoms with E-state index in [4.69, 9.17) is 0 Å². The summed E-state index contributed by atoms with van der Waals surface area (Å²) in [5, 5.41) is 0. The van der Waals surface area contributed by atoms with E-state index >= 15 is 0 Å². The molecule has 14 heavy (non-hydrogen) atoms. The number of hydrogen-bond acceptors (Lipinski definition) is 3. The Morgan fingerprint density at radius 2 is 2.43 bits per heavy atom. The maximum Gasteiger partial charge on any atom is 0.340 e. The lowest BCUT2D eigenvalue weighted by atomic mass is 9.93. The Kier molecular flexibility index (Phi) is 4.32. The molecule has 0 spiro atoms. The van der Waals surface area contributed by atoms with Crippen molar-refractivity contribution in [2.45, 2.75) is 25.4 Å². The van der Waals surface area contributed by atoms with E-state index < -0.39 is 12.1 Å². The number of alkyl halides is 1. The molecule has 1 saturated heterocycles. The normalized spacial score (nSPS) is 25.8. The number of hydrogen-bond donors (Lipinski definition) is 0. The Morgan fingerprint density at radius 3 is 3.00 bits per heavy atom. The lowest BCUT2D eigenvalue weighted by molar-refractivity contribution is -0.147. The van der Waals surface area contributed by atoms with Crippen molar-refractivity contribution < 1.29 is 13.9 Å². The van der Waals surface area contributed by atoms with Crippen LogP contribution in [0.15, 0.2) is 0 Å². The van der Waals surface area contributed by atoms with Crippen molar-refractivity contribution >= 4 is 5.97 Å². The molecule has 0 radical (unpaired) electrons. The molecule has 0 saturated carbocycles. The minimum atomic E-state index is -1.45. The van der Waals surface area contributed by atoms with E-state index in [1.54, 1.807) is 0 Å². The van der Waals surface area contributed by atoms with Gasteiger partial charge in [0.05, 0.1) is 7.11 Å². The predicted octanol–water partition coefficient (Wildman–Crippen LogP) is 1.23. The zero-order valence-corrected chi connectivity index (χ0v) is 8.83. The van der Waals surface area contributed by atoms with Crippen molar-refractivity contribution in [3.05, 3.63) is 0 Å². The van der Waals surface area contributed by atoms with Gasteiger partial charge in [0.15, 0.2) is 6.17 Å². The summed E-state index contributed by atoms with van der Waals surface area (Å²) in [7, 11) is 3.25. The third kappa shape index (κ3) is 3.25. The second-order valence-corrected chi connectivity index (χ2v) is 4.00. The Morgan fingerprint density at radius 1 is 1.71 bits per heavy atom. The molecular weight excluding hydrogens is 185 g/mol. The van der Waals surface area contributed by atoms with Crippen LogP contribution < -0.4 is 0 Å². The molecule has 0 amide bonds. The molecule has 0 N–H and O–H groups in total. The predicted molar refractivity (Wildman–Crippen MR) is 51.8 cm³/mol. The van der Waals surface area contributed by atoms with Gasteiger partial charge in [0.1, 0.15) is 0 Å². The molecule has 0 aromatic heterocycles. The van der Waals surface area contributed by atoms with Gasteiger partial charge in [-0.05, 0) is 38.8 Å². The van der Waals surface area contributed by atoms with E-state index in [0.717, 1.165) is 25.9 Å². The molecule has 1 fully saturated rings. The summed E-state index contributed by atoms with van der Waals surface area (Å²) in [6.45, 7) is 1.96. The molecule has 0 aromatic rings. The zero-order chi connectivity index (χ0) is 10.6. The summed E-state index contributed by atoms with van der Waals surface area (Å²) in [4.78, 5) is 13.0. The van der Waals surface area contributed by atoms with Crippen LogP contribution in [0.4, 0.5) is 4.39 Å². The lowest BCUT2D eigenvalue weighted by Gasteiger charge is -2.29. The third-order valence-corrected chi connectivity index (χ3v) is 2.72. The molecule has 0 aliphatic carbocycles. The molecule has 3 nitrogen and oxygen atoms in total. The monoisotopic (exact) mass is 203 g/mol. The van der Waals surface area contributed by atoms with Crippen molar-refractivity contribution in [3.8, 4) is 0 Å². The highest BCUT2D eigenvalue weighted by atomic mass is 19.1. The number of piperidine rings is 1. The summed E-state index contributed by atoms with van der Waals surface area (Å²) in [6, 6.07) is 0. The SMILES string of the molecule is COC(=O)C(F)CC1CCCN(C)C1. The molecule has 1 aliphatic rings. The van der Waals surface area contributed by atoms with Crippen molar-refractivity contribution in [2.75, 3.05) is 27.2 Å². The van der Waals surface area contributed by atoms with Gasteiger partial charge in [-0.15, -0.1) is 0 Å². The van der Waals surface area contributed by atoms with Crippen molar-refractivity contribution in [2.24, 2.45) is 5.92 Å². The first-order valence-electron chi connectivity index (χ1n) is 5.04. The summed E-state index contributed by atoms with van der Waals surface area (Å²) >= 11 is 0. The van der Waals surface area contributed by atoms with E-state index in [1.165, 1.54) is 7.11 Å². The van der Waals surface area contributed by atoms with Gasteiger partial charge >= 0.3 is 5.97 Å². The fourth-order valence-electron chi connectivity index (χ4n) is 1.98. The van der Waals surface area contributed by atoms with Crippen LogP contribution in [0.25, 0.3) is 0 Å². The smallest absolute Gasteiger partial charge is 0.340 e. The Balaban J connectivity index is 2.32. The van der Waals surface area contributed by atoms with Crippen LogP contribution in [-0.2, 0) is 9.53 Å². The first kappa shape index (κ1) is 11.4. The van der Waals surface area contributed by atoms with Gasteiger partial charge in [0.25, 0.3) is 0 Å². The minimum absolute atomic E-state index is 0.294. The maximum absolute atomic E-state index is 13.2. The van der Waals surface area contributed by atoms with Gasteiger partial charge in [-0.2, -0.15) is 0 Å². The van der Waals surface area contributed by atoms with E-state index in [0.29, 0.717) is 12.3 Å². The van der Waals surface area contributed by atoms with Crippen LogP contribution in [-0.4, -0.2) is 44.3 Å².